The Kier molecular flexibility index (Phi) is 12.6. The molecule has 1 aliphatic carbocycles. The van der Waals surface area contributed by atoms with Gasteiger partial charge < -0.3 is 15.0 Å². The molecule has 0 radical (unpaired) electrons. The third-order valence-electron chi connectivity index (χ3n) is 10.1. The second kappa shape index (κ2) is 17.4. The van der Waals surface area contributed by atoms with Crippen molar-refractivity contribution in [2.75, 3.05) is 19.8 Å². The summed E-state index contributed by atoms with van der Waals surface area (Å²) in [5.74, 6) is -2.20. The van der Waals surface area contributed by atoms with E-state index in [4.69, 9.17) is 23.8 Å². The molecule has 1 saturated heterocycles. The number of benzene rings is 1. The summed E-state index contributed by atoms with van der Waals surface area (Å²) in [6.07, 6.45) is 6.10. The van der Waals surface area contributed by atoms with E-state index < -0.39 is 65.1 Å². The van der Waals surface area contributed by atoms with Gasteiger partial charge in [-0.2, -0.15) is 4.72 Å². The predicted octanol–water partition coefficient (Wildman–Crippen LogP) is 5.81. The normalized spacial score (nSPS) is 25.1. The molecule has 304 valence electrons. The monoisotopic (exact) mass is 856 g/mol. The number of nitrogens with one attached hydrogen (secondary N) is 3. The van der Waals surface area contributed by atoms with Crippen molar-refractivity contribution in [2.45, 2.75) is 86.7 Å². The van der Waals surface area contributed by atoms with Crippen LogP contribution in [0.3, 0.4) is 0 Å². The average Bonchev–Trinajstić information content (AvgIpc) is 3.71. The number of para-hydroxylation sites is 2. The summed E-state index contributed by atoms with van der Waals surface area (Å²) in [5.41, 5.74) is 0.246. The van der Waals surface area contributed by atoms with Crippen molar-refractivity contribution in [3.8, 4) is 16.5 Å². The maximum Gasteiger partial charge on any atom is 0.434 e. The number of thiophene rings is 2. The van der Waals surface area contributed by atoms with Gasteiger partial charge >= 0.3 is 7.75 Å². The van der Waals surface area contributed by atoms with Gasteiger partial charge in [-0.1, -0.05) is 49.3 Å². The third kappa shape index (κ3) is 9.17. The van der Waals surface area contributed by atoms with Gasteiger partial charge in [0.25, 0.3) is 15.9 Å². The second-order valence-corrected chi connectivity index (χ2v) is 19.6. The van der Waals surface area contributed by atoms with E-state index in [1.54, 1.807) is 25.3 Å². The molecule has 0 spiro atoms. The van der Waals surface area contributed by atoms with Crippen LogP contribution in [0.5, 0.6) is 5.88 Å². The van der Waals surface area contributed by atoms with E-state index >= 15 is 0 Å². The van der Waals surface area contributed by atoms with Gasteiger partial charge in [0.15, 0.2) is 0 Å². The van der Waals surface area contributed by atoms with Gasteiger partial charge in [0.05, 0.1) is 35.7 Å². The Morgan fingerprint density at radius 3 is 2.44 bits per heavy atom. The molecule has 2 aliphatic heterocycles. The fourth-order valence-corrected chi connectivity index (χ4v) is 11.5. The summed E-state index contributed by atoms with van der Waals surface area (Å²) in [6, 6.07) is 11.9. The number of aromatic nitrogens is 2. The molecule has 4 aromatic rings. The number of carbonyl (C=O) groups excluding carboxylic acids is 3. The third-order valence-corrected chi connectivity index (χ3v) is 15.5. The van der Waals surface area contributed by atoms with Crippen LogP contribution in [0.25, 0.3) is 21.6 Å². The highest BCUT2D eigenvalue weighted by Gasteiger charge is 2.62. The molecule has 2 fully saturated rings. The number of fused-ring (bicyclic) bond motifs is 3. The molecule has 5 heterocycles. The summed E-state index contributed by atoms with van der Waals surface area (Å²) in [6.45, 7) is 3.17. The van der Waals surface area contributed by atoms with Crippen molar-refractivity contribution in [3.05, 3.63) is 71.4 Å². The van der Waals surface area contributed by atoms with Crippen molar-refractivity contribution in [1.82, 2.24) is 30.0 Å². The van der Waals surface area contributed by atoms with E-state index in [-0.39, 0.29) is 49.1 Å². The number of amides is 3. The Morgan fingerprint density at radius 2 is 1.74 bits per heavy atom. The van der Waals surface area contributed by atoms with Gasteiger partial charge in [-0.25, -0.2) is 23.0 Å². The van der Waals surface area contributed by atoms with Crippen LogP contribution in [0.4, 0.5) is 0 Å². The van der Waals surface area contributed by atoms with Crippen LogP contribution in [0, 0.1) is 5.92 Å². The zero-order valence-electron chi connectivity index (χ0n) is 31.5. The fraction of sp³-hybridized carbons (Fsp3) is 0.447. The number of rotatable bonds is 12. The van der Waals surface area contributed by atoms with E-state index in [0.717, 1.165) is 22.6 Å². The first-order valence-corrected chi connectivity index (χ1v) is 23.8. The van der Waals surface area contributed by atoms with E-state index in [0.29, 0.717) is 36.0 Å². The van der Waals surface area contributed by atoms with Crippen molar-refractivity contribution < 1.29 is 41.2 Å². The zero-order chi connectivity index (χ0) is 40.2. The molecular formula is C38H45N6O9PS3. The highest BCUT2D eigenvalue weighted by Crippen LogP contribution is 2.50. The number of hydrogen-bond acceptors (Lipinski definition) is 13. The van der Waals surface area contributed by atoms with Gasteiger partial charge in [-0.15, -0.1) is 22.7 Å². The molecule has 1 saturated carbocycles. The molecule has 7 rings (SSSR count). The molecule has 3 aliphatic rings. The van der Waals surface area contributed by atoms with Gasteiger partial charge in [0, 0.05) is 12.3 Å². The summed E-state index contributed by atoms with van der Waals surface area (Å²) < 4.78 is 60.4. The van der Waals surface area contributed by atoms with E-state index in [2.05, 4.69) is 15.1 Å². The summed E-state index contributed by atoms with van der Waals surface area (Å²) in [4.78, 5) is 55.1. The van der Waals surface area contributed by atoms with Crippen LogP contribution in [0.15, 0.2) is 75.7 Å². The molecule has 3 amide bonds. The SMILES string of the molecule is CCOP(=O)(NC(=O)[C@@]12CC1/C=C\CCCCC[C@H](NS(=O)(=O)c1cccs1)C(=O)N1C[C@H](Oc3nc4ccccc4nc3-c3cccs3)C[C@H]1C(=O)N2)OCC. The van der Waals surface area contributed by atoms with Gasteiger partial charge in [-0.3, -0.25) is 28.5 Å². The van der Waals surface area contributed by atoms with Crippen LogP contribution in [-0.2, 0) is 38.0 Å². The smallest absolute Gasteiger partial charge is 0.434 e. The van der Waals surface area contributed by atoms with E-state index in [9.17, 15) is 27.4 Å². The summed E-state index contributed by atoms with van der Waals surface area (Å²) in [5, 5.41) is 8.90. The quantitative estimate of drug-likeness (QED) is 0.115. The van der Waals surface area contributed by atoms with Crippen molar-refractivity contribution in [2.24, 2.45) is 5.92 Å². The molecule has 15 nitrogen and oxygen atoms in total. The first-order chi connectivity index (χ1) is 27.4. The lowest BCUT2D eigenvalue weighted by Crippen LogP contribution is -2.57. The lowest BCUT2D eigenvalue weighted by molar-refractivity contribution is -0.141. The molecule has 57 heavy (non-hydrogen) atoms. The lowest BCUT2D eigenvalue weighted by atomic mass is 10.1. The van der Waals surface area contributed by atoms with Gasteiger partial charge in [-0.05, 0) is 74.6 Å². The molecule has 19 heteroatoms. The molecule has 5 atom stereocenters. The van der Waals surface area contributed by atoms with Crippen LogP contribution >= 0.6 is 30.4 Å². The van der Waals surface area contributed by atoms with Crippen LogP contribution in [0.2, 0.25) is 0 Å². The van der Waals surface area contributed by atoms with Gasteiger partial charge in [0.2, 0.25) is 17.7 Å². The maximum atomic E-state index is 14.7. The number of ether oxygens (including phenoxy) is 1. The Morgan fingerprint density at radius 1 is 1.00 bits per heavy atom. The highest BCUT2D eigenvalue weighted by atomic mass is 32.2. The van der Waals surface area contributed by atoms with Crippen LogP contribution in [0.1, 0.15) is 58.8 Å². The minimum absolute atomic E-state index is 0.00501. The topological polar surface area (TPSA) is 195 Å². The lowest BCUT2D eigenvalue weighted by Gasteiger charge is -2.30. The fourth-order valence-electron chi connectivity index (χ4n) is 7.27. The molecule has 3 aromatic heterocycles. The standard InChI is InChI=1S/C38H45N6O9PS3/c1-3-51-54(48,52-4-2)42-37(47)38-23-25(38)14-8-6-5-7-9-17-29(43-57(49,50)32-19-13-21-56-32)36(46)44-24-26(22-30(44)34(45)41-38)53-35-33(31-18-12-20-55-31)39-27-15-10-11-16-28(27)40-35/h8,10-16,18-21,25-26,29-30,43H,3-7,9,17,22-24H2,1-2H3,(H,41,45)(H,42,47,48)/b14-8-/t25?,26-,29+,30+,38-/m1/s1. The largest absolute Gasteiger partial charge is 0.471 e. The molecule has 3 N–H and O–H groups in total. The number of nitrogens with zero attached hydrogens (tertiary/aromatic N) is 3. The van der Waals surface area contributed by atoms with Crippen LogP contribution in [-0.4, -0.2) is 84.5 Å². The van der Waals surface area contributed by atoms with Crippen molar-refractivity contribution in [3.63, 3.8) is 0 Å². The predicted molar refractivity (Wildman–Crippen MR) is 216 cm³/mol. The summed E-state index contributed by atoms with van der Waals surface area (Å²) in [7, 11) is -8.15. The van der Waals surface area contributed by atoms with E-state index in [1.165, 1.54) is 22.3 Å². The molecule has 0 bridgehead atoms. The highest BCUT2D eigenvalue weighted by molar-refractivity contribution is 7.91. The zero-order valence-corrected chi connectivity index (χ0v) is 34.8. The number of carbonyl (C=O) groups is 3. The number of hydrogen-bond donors (Lipinski definition) is 3. The Hall–Kier alpha value is -4.03. The molecule has 1 unspecified atom stereocenters. The summed E-state index contributed by atoms with van der Waals surface area (Å²) >= 11 is 2.50. The Bertz CT molecular complexity index is 2260. The maximum absolute atomic E-state index is 14.7. The van der Waals surface area contributed by atoms with Crippen LogP contribution < -0.4 is 19.9 Å². The Balaban J connectivity index is 1.24. The number of sulfonamides is 1. The first-order valence-electron chi connectivity index (χ1n) is 19.0. The van der Waals surface area contributed by atoms with Gasteiger partial charge in [0.1, 0.15) is 33.6 Å². The second-order valence-electron chi connectivity index (χ2n) is 14.0. The minimum atomic E-state index is -4.08. The molecular weight excluding hydrogens is 812 g/mol. The minimum Gasteiger partial charge on any atom is -0.471 e. The molecule has 1 aromatic carbocycles. The number of allylic oxidation sites excluding steroid dienone is 1. The van der Waals surface area contributed by atoms with Crippen molar-refractivity contribution in [1.29, 1.82) is 0 Å². The average molecular weight is 857 g/mol. The first kappa shape index (κ1) is 41.1. The van der Waals surface area contributed by atoms with Crippen molar-refractivity contribution >= 4 is 69.2 Å². The Labute approximate surface area is 339 Å². The van der Waals surface area contributed by atoms with E-state index in [1.807, 2.05) is 53.9 Å².